The third-order valence-electron chi connectivity index (χ3n) is 5.56. The van der Waals surface area contributed by atoms with Gasteiger partial charge in [0, 0.05) is 26.3 Å². The van der Waals surface area contributed by atoms with Crippen molar-refractivity contribution in [3.05, 3.63) is 86.9 Å². The van der Waals surface area contributed by atoms with Crippen LogP contribution in [0.4, 0.5) is 0 Å². The van der Waals surface area contributed by atoms with Gasteiger partial charge in [0.1, 0.15) is 11.3 Å². The molecule has 0 unspecified atom stereocenters. The predicted molar refractivity (Wildman–Crippen MR) is 122 cm³/mol. The summed E-state index contributed by atoms with van der Waals surface area (Å²) in [7, 11) is 0. The number of aryl methyl sites for hydroxylation is 2. The molecule has 0 bridgehead atoms. The van der Waals surface area contributed by atoms with Crippen molar-refractivity contribution in [1.29, 1.82) is 0 Å². The van der Waals surface area contributed by atoms with E-state index in [9.17, 15) is 0 Å². The molecule has 0 fully saturated rings. The molecule has 0 saturated carbocycles. The number of rotatable bonds is 5. The van der Waals surface area contributed by atoms with Gasteiger partial charge in [-0.15, -0.1) is 11.3 Å². The Balaban J connectivity index is 2.03. The van der Waals surface area contributed by atoms with Crippen molar-refractivity contribution < 1.29 is 4.42 Å². The van der Waals surface area contributed by atoms with Crippen LogP contribution in [0.3, 0.4) is 0 Å². The monoisotopic (exact) mass is 388 g/mol. The average Bonchev–Trinajstić information content (AvgIpc) is 3.22. The second-order valence-corrected chi connectivity index (χ2v) is 9.37. The van der Waals surface area contributed by atoms with Crippen molar-refractivity contribution in [2.45, 2.75) is 52.9 Å². The third-order valence-corrected chi connectivity index (χ3v) is 6.77. The lowest BCUT2D eigenvalue weighted by molar-refractivity contribution is 0.599. The molecule has 0 radical (unpaired) electrons. The van der Waals surface area contributed by atoms with Gasteiger partial charge in [0.15, 0.2) is 0 Å². The van der Waals surface area contributed by atoms with Gasteiger partial charge in [0.2, 0.25) is 0 Å². The van der Waals surface area contributed by atoms with E-state index in [0.717, 1.165) is 40.7 Å². The van der Waals surface area contributed by atoms with Gasteiger partial charge >= 0.3 is 0 Å². The third kappa shape index (κ3) is 3.42. The number of allylic oxidation sites excluding steroid dienone is 3. The summed E-state index contributed by atoms with van der Waals surface area (Å²) in [6.45, 7) is 15.0. The van der Waals surface area contributed by atoms with Crippen molar-refractivity contribution >= 4 is 27.9 Å². The Morgan fingerprint density at radius 2 is 1.86 bits per heavy atom. The zero-order chi connectivity index (χ0) is 19.8. The van der Waals surface area contributed by atoms with Gasteiger partial charge in [-0.05, 0) is 76.1 Å². The molecule has 0 atom stereocenters. The number of benzene rings is 1. The lowest BCUT2D eigenvalue weighted by atomic mass is 9.85. The number of para-hydroxylation sites is 1. The Bertz CT molecular complexity index is 1070. The van der Waals surface area contributed by atoms with Crippen LogP contribution in [-0.2, 0) is 12.8 Å². The number of hydrogen-bond donors (Lipinski definition) is 0. The summed E-state index contributed by atoms with van der Waals surface area (Å²) in [5.41, 5.74) is 8.57. The fourth-order valence-electron chi connectivity index (χ4n) is 4.31. The van der Waals surface area contributed by atoms with Crippen LogP contribution in [0.25, 0.3) is 16.5 Å². The van der Waals surface area contributed by atoms with Crippen LogP contribution in [0.5, 0.6) is 0 Å². The molecule has 1 nitrogen and oxygen atoms in total. The van der Waals surface area contributed by atoms with Gasteiger partial charge in [0.05, 0.1) is 0 Å². The first-order valence-corrected chi connectivity index (χ1v) is 10.9. The Hall–Kier alpha value is -2.32. The molecule has 0 amide bonds. The minimum absolute atomic E-state index is 0.825. The fraction of sp³-hybridized carbons (Fsp3) is 0.308. The van der Waals surface area contributed by atoms with Crippen molar-refractivity contribution in [3.63, 3.8) is 0 Å². The maximum Gasteiger partial charge on any atom is 0.136 e. The molecule has 2 heteroatoms. The maximum atomic E-state index is 6.39. The zero-order valence-corrected chi connectivity index (χ0v) is 18.0. The number of fused-ring (bicyclic) bond motifs is 2. The van der Waals surface area contributed by atoms with Crippen LogP contribution >= 0.6 is 11.3 Å². The molecule has 4 rings (SSSR count). The molecular weight excluding hydrogens is 360 g/mol. The van der Waals surface area contributed by atoms with E-state index in [1.54, 1.807) is 4.88 Å². The summed E-state index contributed by atoms with van der Waals surface area (Å²) in [6.07, 6.45) is 5.76. The van der Waals surface area contributed by atoms with E-state index in [2.05, 4.69) is 52.1 Å². The summed E-state index contributed by atoms with van der Waals surface area (Å²) in [6, 6.07) is 10.5. The summed E-state index contributed by atoms with van der Waals surface area (Å²) >= 11 is 1.97. The molecule has 0 spiro atoms. The van der Waals surface area contributed by atoms with Crippen LogP contribution in [-0.4, -0.2) is 0 Å². The molecule has 2 heterocycles. The number of furan rings is 1. The van der Waals surface area contributed by atoms with Crippen LogP contribution in [0.2, 0.25) is 0 Å². The maximum absolute atomic E-state index is 6.39. The quantitative estimate of drug-likeness (QED) is 0.318. The van der Waals surface area contributed by atoms with Crippen molar-refractivity contribution in [2.75, 3.05) is 0 Å². The van der Waals surface area contributed by atoms with Crippen LogP contribution in [0.15, 0.2) is 64.6 Å². The Kier molecular flexibility index (Phi) is 5.16. The standard InChI is InChI=1S/C26H28OS/c1-16(2)14-21(17(3)4)26(23-15-19-10-6-8-12-22(19)27-23)25-18(5)28-24-13-9-7-11-20(24)25/h6,8,10,12,15H,1,3,7,9,11,13-14H2,2,4-5H3/b26-21-. The van der Waals surface area contributed by atoms with Gasteiger partial charge in [-0.3, -0.25) is 0 Å². The predicted octanol–water partition coefficient (Wildman–Crippen LogP) is 8.03. The molecule has 2 aromatic heterocycles. The van der Waals surface area contributed by atoms with Crippen molar-refractivity contribution in [2.24, 2.45) is 0 Å². The fourth-order valence-corrected chi connectivity index (χ4v) is 5.58. The zero-order valence-electron chi connectivity index (χ0n) is 17.2. The Morgan fingerprint density at radius 3 is 2.57 bits per heavy atom. The van der Waals surface area contributed by atoms with E-state index in [-0.39, 0.29) is 0 Å². The molecule has 144 valence electrons. The molecule has 1 aliphatic carbocycles. The van der Waals surface area contributed by atoms with Crippen LogP contribution in [0.1, 0.15) is 59.8 Å². The van der Waals surface area contributed by atoms with E-state index in [1.807, 2.05) is 23.5 Å². The Morgan fingerprint density at radius 1 is 1.11 bits per heavy atom. The van der Waals surface area contributed by atoms with E-state index in [0.29, 0.717) is 0 Å². The summed E-state index contributed by atoms with van der Waals surface area (Å²) in [4.78, 5) is 2.95. The molecule has 3 aromatic rings. The highest BCUT2D eigenvalue weighted by atomic mass is 32.1. The number of thiophene rings is 1. The highest BCUT2D eigenvalue weighted by molar-refractivity contribution is 7.12. The first kappa shape index (κ1) is 19.0. The van der Waals surface area contributed by atoms with E-state index >= 15 is 0 Å². The Labute approximate surface area is 172 Å². The first-order chi connectivity index (χ1) is 13.5. The van der Waals surface area contributed by atoms with E-state index in [1.165, 1.54) is 46.4 Å². The van der Waals surface area contributed by atoms with Gasteiger partial charge in [-0.25, -0.2) is 0 Å². The van der Waals surface area contributed by atoms with E-state index in [4.69, 9.17) is 4.42 Å². The van der Waals surface area contributed by atoms with Gasteiger partial charge < -0.3 is 4.42 Å². The van der Waals surface area contributed by atoms with Crippen LogP contribution in [0, 0.1) is 6.92 Å². The lowest BCUT2D eigenvalue weighted by Crippen LogP contribution is -2.04. The largest absolute Gasteiger partial charge is 0.456 e. The topological polar surface area (TPSA) is 13.1 Å². The first-order valence-electron chi connectivity index (χ1n) is 10.1. The van der Waals surface area contributed by atoms with Gasteiger partial charge in [-0.1, -0.05) is 42.5 Å². The van der Waals surface area contributed by atoms with Crippen molar-refractivity contribution in [1.82, 2.24) is 0 Å². The summed E-state index contributed by atoms with van der Waals surface area (Å²) in [5, 5.41) is 1.15. The molecular formula is C26H28OS. The average molecular weight is 389 g/mol. The highest BCUT2D eigenvalue weighted by Gasteiger charge is 2.26. The molecule has 0 N–H and O–H groups in total. The molecule has 1 aromatic carbocycles. The second kappa shape index (κ2) is 7.60. The van der Waals surface area contributed by atoms with Gasteiger partial charge in [0.25, 0.3) is 0 Å². The normalized spacial score (nSPS) is 14.7. The lowest BCUT2D eigenvalue weighted by Gasteiger charge is -2.19. The minimum Gasteiger partial charge on any atom is -0.456 e. The molecule has 1 aliphatic rings. The summed E-state index contributed by atoms with van der Waals surface area (Å²) < 4.78 is 6.39. The highest BCUT2D eigenvalue weighted by Crippen LogP contribution is 2.44. The molecule has 0 saturated heterocycles. The second-order valence-electron chi connectivity index (χ2n) is 8.06. The molecule has 0 aliphatic heterocycles. The SMILES string of the molecule is C=C(C)C/C(C(=C)C)=C(\c1cc2ccccc2o1)c1c(C)sc2c1CCCC2. The van der Waals surface area contributed by atoms with E-state index < -0.39 is 0 Å². The molecule has 28 heavy (non-hydrogen) atoms. The number of hydrogen-bond acceptors (Lipinski definition) is 2. The van der Waals surface area contributed by atoms with Crippen LogP contribution < -0.4 is 0 Å². The van der Waals surface area contributed by atoms with Crippen molar-refractivity contribution in [3.8, 4) is 0 Å². The van der Waals surface area contributed by atoms with Gasteiger partial charge in [-0.2, -0.15) is 0 Å². The minimum atomic E-state index is 0.825. The summed E-state index contributed by atoms with van der Waals surface area (Å²) in [5.74, 6) is 0.953. The smallest absolute Gasteiger partial charge is 0.136 e.